The van der Waals surface area contributed by atoms with Crippen molar-refractivity contribution in [2.75, 3.05) is 33.0 Å². The molecule has 1 saturated heterocycles. The van der Waals surface area contributed by atoms with Gasteiger partial charge in [0.1, 0.15) is 36.6 Å². The van der Waals surface area contributed by atoms with Gasteiger partial charge < -0.3 is 70.8 Å². The largest absolute Gasteiger partial charge is 0.396 e. The Morgan fingerprint density at radius 3 is 2.04 bits per heavy atom. The van der Waals surface area contributed by atoms with Crippen LogP contribution >= 0.6 is 0 Å². The average molecular weight is 685 g/mol. The number of aliphatic hydroxyl groups is 9. The fourth-order valence-electron chi connectivity index (χ4n) is 4.73. The predicted octanol–water partition coefficient (Wildman–Crippen LogP) is -3.45. The third kappa shape index (κ3) is 15.9. The van der Waals surface area contributed by atoms with Crippen LogP contribution in [-0.2, 0) is 28.6 Å². The highest BCUT2D eigenvalue weighted by Crippen LogP contribution is 2.22. The molecule has 0 aromatic rings. The summed E-state index contributed by atoms with van der Waals surface area (Å²) < 4.78 is 15.7. The van der Waals surface area contributed by atoms with E-state index in [4.69, 9.17) is 19.3 Å². The van der Waals surface area contributed by atoms with Crippen LogP contribution in [0.15, 0.2) is 0 Å². The van der Waals surface area contributed by atoms with E-state index in [1.165, 1.54) is 13.8 Å². The van der Waals surface area contributed by atoms with Crippen molar-refractivity contribution in [3.8, 4) is 0 Å². The molecule has 1 heterocycles. The fraction of sp³-hybridized carbons (Fsp3) is 0.900. The van der Waals surface area contributed by atoms with Gasteiger partial charge in [0.05, 0.1) is 18.8 Å². The maximum atomic E-state index is 12.3. The van der Waals surface area contributed by atoms with Crippen molar-refractivity contribution < 1.29 is 74.6 Å². The lowest BCUT2D eigenvalue weighted by atomic mass is 9.97. The van der Waals surface area contributed by atoms with Gasteiger partial charge >= 0.3 is 0 Å². The first kappa shape index (κ1) is 43.2. The molecule has 0 aromatic heterocycles. The number of rotatable bonds is 25. The highest BCUT2D eigenvalue weighted by atomic mass is 16.7. The SMILES string of the molecule is CC(=O)[C@@H](CCCCNC(=O)CCCCOC1OC(CO)C(O)C(O)C1O)NC(=O)CCCCOC(O)C(O)C(O)C(O)C(C)CO. The summed E-state index contributed by atoms with van der Waals surface area (Å²) in [6.45, 7) is 2.33. The molecule has 11 atom stereocenters. The highest BCUT2D eigenvalue weighted by molar-refractivity contribution is 5.87. The van der Waals surface area contributed by atoms with E-state index in [0.717, 1.165) is 0 Å². The number of nitrogens with one attached hydrogen (secondary N) is 2. The fourth-order valence-corrected chi connectivity index (χ4v) is 4.73. The summed E-state index contributed by atoms with van der Waals surface area (Å²) >= 11 is 0. The standard InChI is InChI=1S/C30H56N2O15/c1-17(15-33)23(38)25(40)27(42)29(44)45-13-7-5-11-22(37)32-19(18(2)35)9-3-6-12-31-21(36)10-4-8-14-46-30-28(43)26(41)24(39)20(16-34)47-30/h17,19-20,23-30,33-34,38-44H,3-16H2,1-2H3,(H,31,36)(H,32,37)/t17?,19-,20?,23?,24?,25?,26?,27?,28?,29?,30?/m1/s1. The zero-order chi connectivity index (χ0) is 35.5. The van der Waals surface area contributed by atoms with Gasteiger partial charge in [-0.2, -0.15) is 0 Å². The van der Waals surface area contributed by atoms with Crippen molar-refractivity contribution in [3.05, 3.63) is 0 Å². The van der Waals surface area contributed by atoms with E-state index < -0.39 is 80.5 Å². The molecule has 1 rings (SSSR count). The van der Waals surface area contributed by atoms with Gasteiger partial charge in [-0.25, -0.2) is 0 Å². The zero-order valence-electron chi connectivity index (χ0n) is 27.2. The number of carbonyl (C=O) groups excluding carboxylic acids is 3. The van der Waals surface area contributed by atoms with Crippen molar-refractivity contribution in [1.82, 2.24) is 10.6 Å². The summed E-state index contributed by atoms with van der Waals surface area (Å²) in [4.78, 5) is 36.4. The molecular weight excluding hydrogens is 628 g/mol. The molecule has 10 unspecified atom stereocenters. The molecule has 0 aliphatic carbocycles. The van der Waals surface area contributed by atoms with E-state index >= 15 is 0 Å². The smallest absolute Gasteiger partial charge is 0.220 e. The number of carbonyl (C=O) groups is 3. The normalized spacial score (nSPS) is 25.3. The van der Waals surface area contributed by atoms with Gasteiger partial charge in [-0.1, -0.05) is 6.92 Å². The third-order valence-electron chi connectivity index (χ3n) is 7.95. The zero-order valence-corrected chi connectivity index (χ0v) is 27.2. The summed E-state index contributed by atoms with van der Waals surface area (Å²) in [5.74, 6) is -1.44. The number of hydrogen-bond donors (Lipinski definition) is 11. The molecule has 0 aromatic carbocycles. The van der Waals surface area contributed by atoms with Crippen molar-refractivity contribution in [1.29, 1.82) is 0 Å². The Bertz CT molecular complexity index is 897. The van der Waals surface area contributed by atoms with Crippen LogP contribution < -0.4 is 10.6 Å². The van der Waals surface area contributed by atoms with Gasteiger partial charge in [-0.15, -0.1) is 0 Å². The summed E-state index contributed by atoms with van der Waals surface area (Å²) in [6.07, 6.45) is -10.0. The van der Waals surface area contributed by atoms with Gasteiger partial charge in [-0.3, -0.25) is 14.4 Å². The topological polar surface area (TPSA) is 285 Å². The van der Waals surface area contributed by atoms with Crippen molar-refractivity contribution in [2.24, 2.45) is 5.92 Å². The van der Waals surface area contributed by atoms with E-state index in [-0.39, 0.29) is 43.7 Å². The van der Waals surface area contributed by atoms with Gasteiger partial charge in [0.15, 0.2) is 18.4 Å². The summed E-state index contributed by atoms with van der Waals surface area (Å²) in [5.41, 5.74) is 0. The van der Waals surface area contributed by atoms with Crippen molar-refractivity contribution in [3.63, 3.8) is 0 Å². The van der Waals surface area contributed by atoms with Crippen LogP contribution in [0.3, 0.4) is 0 Å². The Kier molecular flexibility index (Phi) is 21.6. The van der Waals surface area contributed by atoms with Crippen molar-refractivity contribution >= 4 is 17.6 Å². The molecule has 1 fully saturated rings. The molecule has 0 spiro atoms. The lowest BCUT2D eigenvalue weighted by Gasteiger charge is -2.39. The van der Waals surface area contributed by atoms with Gasteiger partial charge in [0, 0.05) is 45.1 Å². The van der Waals surface area contributed by atoms with Crippen LogP contribution in [0.2, 0.25) is 0 Å². The first-order valence-electron chi connectivity index (χ1n) is 16.2. The van der Waals surface area contributed by atoms with Gasteiger partial charge in [0.25, 0.3) is 0 Å². The summed E-state index contributed by atoms with van der Waals surface area (Å²) in [6, 6.07) is -0.677. The number of hydrogen-bond acceptors (Lipinski definition) is 15. The average Bonchev–Trinajstić information content (AvgIpc) is 3.05. The number of unbranched alkanes of at least 4 members (excludes halogenated alkanes) is 3. The van der Waals surface area contributed by atoms with Crippen LogP contribution in [0.5, 0.6) is 0 Å². The van der Waals surface area contributed by atoms with E-state index in [9.17, 15) is 55.2 Å². The minimum atomic E-state index is -1.80. The first-order chi connectivity index (χ1) is 22.2. The van der Waals surface area contributed by atoms with Crippen LogP contribution in [0.1, 0.15) is 71.6 Å². The Balaban J connectivity index is 2.17. The molecule has 0 bridgehead atoms. The molecule has 2 amide bonds. The Morgan fingerprint density at radius 2 is 1.43 bits per heavy atom. The lowest BCUT2D eigenvalue weighted by Crippen LogP contribution is -2.59. The third-order valence-corrected chi connectivity index (χ3v) is 7.95. The maximum absolute atomic E-state index is 12.3. The van der Waals surface area contributed by atoms with Gasteiger partial charge in [0.2, 0.25) is 11.8 Å². The van der Waals surface area contributed by atoms with Crippen LogP contribution in [0.25, 0.3) is 0 Å². The highest BCUT2D eigenvalue weighted by Gasteiger charge is 2.44. The van der Waals surface area contributed by atoms with Crippen LogP contribution in [0, 0.1) is 5.92 Å². The Morgan fingerprint density at radius 1 is 0.787 bits per heavy atom. The Hall–Kier alpha value is -1.87. The summed E-state index contributed by atoms with van der Waals surface area (Å²) in [7, 11) is 0. The molecule has 1 aliphatic rings. The molecule has 47 heavy (non-hydrogen) atoms. The molecule has 11 N–H and O–H groups in total. The molecule has 0 saturated carbocycles. The second kappa shape index (κ2) is 23.5. The van der Waals surface area contributed by atoms with E-state index in [1.54, 1.807) is 0 Å². The summed E-state index contributed by atoms with van der Waals surface area (Å²) in [5, 5.41) is 92.8. The number of amides is 2. The molecule has 276 valence electrons. The molecular formula is C30H56N2O15. The van der Waals surface area contributed by atoms with Crippen LogP contribution in [0.4, 0.5) is 0 Å². The first-order valence-corrected chi connectivity index (χ1v) is 16.2. The number of Topliss-reactive ketones (excluding diaryl/α,β-unsaturated/α-hetero) is 1. The van der Waals surface area contributed by atoms with Gasteiger partial charge in [-0.05, 0) is 51.9 Å². The molecule has 1 aliphatic heterocycles. The van der Waals surface area contributed by atoms with E-state index in [2.05, 4.69) is 10.6 Å². The number of ether oxygens (including phenoxy) is 3. The second-order valence-electron chi connectivity index (χ2n) is 12.0. The quantitative estimate of drug-likeness (QED) is 0.0329. The van der Waals surface area contributed by atoms with Crippen molar-refractivity contribution in [2.45, 2.75) is 133 Å². The molecule has 17 heteroatoms. The minimum Gasteiger partial charge on any atom is -0.396 e. The molecule has 17 nitrogen and oxygen atoms in total. The van der Waals surface area contributed by atoms with Crippen LogP contribution in [-0.4, -0.2) is 158 Å². The number of aliphatic hydroxyl groups excluding tert-OH is 9. The lowest BCUT2D eigenvalue weighted by molar-refractivity contribution is -0.301. The second-order valence-corrected chi connectivity index (χ2v) is 12.0. The number of ketones is 1. The van der Waals surface area contributed by atoms with E-state index in [1.807, 2.05) is 0 Å². The van der Waals surface area contributed by atoms with E-state index in [0.29, 0.717) is 51.5 Å². The predicted molar refractivity (Wildman–Crippen MR) is 163 cm³/mol. The monoisotopic (exact) mass is 684 g/mol. The molecule has 0 radical (unpaired) electrons. The minimum absolute atomic E-state index is 0.0400. The Labute approximate surface area is 274 Å². The maximum Gasteiger partial charge on any atom is 0.220 e.